The Morgan fingerprint density at radius 2 is 2.33 bits per heavy atom. The Kier molecular flexibility index (Phi) is 5.85. The molecule has 0 amide bonds. The molecule has 0 aromatic carbocycles. The van der Waals surface area contributed by atoms with Crippen LogP contribution < -0.4 is 4.74 Å². The molecule has 2 rings (SSSR count). The van der Waals surface area contributed by atoms with E-state index >= 15 is 0 Å². The second-order valence-corrected chi connectivity index (χ2v) is 4.31. The largest absolute Gasteiger partial charge is 0.468 e. The minimum absolute atomic E-state index is 0.176. The number of carbonyl (C=O) groups is 1. The van der Waals surface area contributed by atoms with E-state index in [2.05, 4.69) is 12.0 Å². The molecular formula is C13H22N2O3. The highest BCUT2D eigenvalue weighted by Crippen LogP contribution is 2.23. The number of aldehydes is 1. The summed E-state index contributed by atoms with van der Waals surface area (Å²) in [4.78, 5) is 8.81. The molecule has 1 aliphatic heterocycles. The average Bonchev–Trinajstić information content (AvgIpc) is 2.66. The molecule has 1 aromatic rings. The quantitative estimate of drug-likeness (QED) is 0.768. The fourth-order valence-electron chi connectivity index (χ4n) is 1.70. The summed E-state index contributed by atoms with van der Waals surface area (Å²) in [6, 6.07) is 0. The van der Waals surface area contributed by atoms with Crippen molar-refractivity contribution in [1.29, 1.82) is 0 Å². The third-order valence-electron chi connectivity index (χ3n) is 2.70. The molecule has 0 bridgehead atoms. The first-order valence-corrected chi connectivity index (χ1v) is 6.32. The molecule has 0 radical (unpaired) electrons. The number of aryl methyl sites for hydroxylation is 2. The van der Waals surface area contributed by atoms with E-state index in [1.165, 1.54) is 12.5 Å². The monoisotopic (exact) mass is 254 g/mol. The van der Waals surface area contributed by atoms with E-state index in [1.807, 2.05) is 24.9 Å². The zero-order chi connectivity index (χ0) is 13.5. The lowest BCUT2D eigenvalue weighted by Crippen LogP contribution is -2.47. The van der Waals surface area contributed by atoms with Gasteiger partial charge in [-0.2, -0.15) is 0 Å². The van der Waals surface area contributed by atoms with E-state index in [9.17, 15) is 0 Å². The first kappa shape index (κ1) is 14.7. The zero-order valence-electron chi connectivity index (χ0n) is 11.5. The highest BCUT2D eigenvalue weighted by atomic mass is 16.6. The molecule has 0 spiro atoms. The van der Waals surface area contributed by atoms with Crippen molar-refractivity contribution in [3.8, 4) is 5.88 Å². The standard InChI is InChI=1S/C11H18N2O2.C2H4O/c1-4-5-9-6-13(3)12-11(9)15-10-7-14-8(10)2;1-2-3/h6,8,10H,4-5,7H2,1-3H3;2H,1H3. The lowest BCUT2D eigenvalue weighted by molar-refractivity contribution is -0.141. The summed E-state index contributed by atoms with van der Waals surface area (Å²) < 4.78 is 12.9. The van der Waals surface area contributed by atoms with Crippen LogP contribution in [0.3, 0.4) is 0 Å². The number of nitrogens with zero attached hydrogens (tertiary/aromatic N) is 2. The van der Waals surface area contributed by atoms with E-state index < -0.39 is 0 Å². The normalized spacial score (nSPS) is 21.6. The van der Waals surface area contributed by atoms with Gasteiger partial charge in [0.15, 0.2) is 0 Å². The molecule has 1 aromatic heterocycles. The van der Waals surface area contributed by atoms with Crippen molar-refractivity contribution in [1.82, 2.24) is 9.78 Å². The third kappa shape index (κ3) is 3.84. The number of hydrogen-bond donors (Lipinski definition) is 0. The minimum Gasteiger partial charge on any atom is -0.468 e. The van der Waals surface area contributed by atoms with Crippen LogP contribution in [0.25, 0.3) is 0 Å². The fourth-order valence-corrected chi connectivity index (χ4v) is 1.70. The molecule has 2 unspecified atom stereocenters. The summed E-state index contributed by atoms with van der Waals surface area (Å²) >= 11 is 0. The van der Waals surface area contributed by atoms with Crippen LogP contribution in [0.1, 0.15) is 32.8 Å². The molecule has 2 atom stereocenters. The molecular weight excluding hydrogens is 232 g/mol. The van der Waals surface area contributed by atoms with Crippen LogP contribution in [0.2, 0.25) is 0 Å². The van der Waals surface area contributed by atoms with Crippen molar-refractivity contribution >= 4 is 6.29 Å². The van der Waals surface area contributed by atoms with Gasteiger partial charge in [-0.25, -0.2) is 0 Å². The Bertz CT molecular complexity index is 376. The molecule has 2 heterocycles. The van der Waals surface area contributed by atoms with Crippen LogP contribution in [0.4, 0.5) is 0 Å². The summed E-state index contributed by atoms with van der Waals surface area (Å²) in [7, 11) is 1.92. The van der Waals surface area contributed by atoms with Gasteiger partial charge in [-0.3, -0.25) is 4.68 Å². The van der Waals surface area contributed by atoms with Crippen molar-refractivity contribution in [3.05, 3.63) is 11.8 Å². The van der Waals surface area contributed by atoms with Crippen molar-refractivity contribution in [2.24, 2.45) is 7.05 Å². The van der Waals surface area contributed by atoms with Gasteiger partial charge >= 0.3 is 0 Å². The summed E-state index contributed by atoms with van der Waals surface area (Å²) in [5.41, 5.74) is 1.19. The number of carbonyl (C=O) groups excluding carboxylic acids is 1. The Hall–Kier alpha value is -1.36. The molecule has 1 fully saturated rings. The van der Waals surface area contributed by atoms with Crippen molar-refractivity contribution in [3.63, 3.8) is 0 Å². The zero-order valence-corrected chi connectivity index (χ0v) is 11.5. The van der Waals surface area contributed by atoms with Crippen LogP contribution in [0.5, 0.6) is 5.88 Å². The number of rotatable bonds is 4. The van der Waals surface area contributed by atoms with Crippen molar-refractivity contribution < 1.29 is 14.3 Å². The molecule has 0 N–H and O–H groups in total. The smallest absolute Gasteiger partial charge is 0.236 e. The van der Waals surface area contributed by atoms with Crippen molar-refractivity contribution in [2.45, 2.75) is 45.8 Å². The summed E-state index contributed by atoms with van der Waals surface area (Å²) in [5.74, 6) is 0.777. The average molecular weight is 254 g/mol. The Morgan fingerprint density at radius 3 is 2.78 bits per heavy atom. The van der Waals surface area contributed by atoms with Gasteiger partial charge in [-0.15, -0.1) is 5.10 Å². The molecule has 102 valence electrons. The van der Waals surface area contributed by atoms with Crippen molar-refractivity contribution in [2.75, 3.05) is 6.61 Å². The summed E-state index contributed by atoms with van der Waals surface area (Å²) in [5, 5.41) is 4.32. The topological polar surface area (TPSA) is 53.4 Å². The van der Waals surface area contributed by atoms with Crippen LogP contribution in [-0.4, -0.2) is 34.9 Å². The van der Waals surface area contributed by atoms with Gasteiger partial charge in [-0.05, 0) is 20.3 Å². The van der Waals surface area contributed by atoms with Crippen LogP contribution in [0.15, 0.2) is 6.20 Å². The highest BCUT2D eigenvalue weighted by Gasteiger charge is 2.31. The van der Waals surface area contributed by atoms with Gasteiger partial charge < -0.3 is 14.3 Å². The molecule has 5 heteroatoms. The highest BCUT2D eigenvalue weighted by molar-refractivity contribution is 5.44. The summed E-state index contributed by atoms with van der Waals surface area (Å²) in [6.07, 6.45) is 5.28. The second kappa shape index (κ2) is 7.16. The third-order valence-corrected chi connectivity index (χ3v) is 2.70. The maximum Gasteiger partial charge on any atom is 0.236 e. The van der Waals surface area contributed by atoms with E-state index in [-0.39, 0.29) is 12.2 Å². The van der Waals surface area contributed by atoms with Crippen LogP contribution in [-0.2, 0) is 23.0 Å². The first-order valence-electron chi connectivity index (χ1n) is 6.32. The predicted octanol–water partition coefficient (Wildman–Crippen LogP) is 1.74. The second-order valence-electron chi connectivity index (χ2n) is 4.31. The Labute approximate surface area is 108 Å². The van der Waals surface area contributed by atoms with E-state index in [0.29, 0.717) is 6.61 Å². The predicted molar refractivity (Wildman–Crippen MR) is 68.8 cm³/mol. The number of aromatic nitrogens is 2. The molecule has 5 nitrogen and oxygen atoms in total. The number of hydrogen-bond acceptors (Lipinski definition) is 4. The number of ether oxygens (including phenoxy) is 2. The molecule has 18 heavy (non-hydrogen) atoms. The van der Waals surface area contributed by atoms with E-state index in [1.54, 1.807) is 0 Å². The summed E-state index contributed by atoms with van der Waals surface area (Å²) in [6.45, 7) is 6.31. The maximum absolute atomic E-state index is 8.81. The van der Waals surface area contributed by atoms with Gasteiger partial charge in [0.2, 0.25) is 5.88 Å². The van der Waals surface area contributed by atoms with Gasteiger partial charge in [0.25, 0.3) is 0 Å². The SMILES string of the molecule is CC=O.CCCc1cn(C)nc1OC1COC1C. The lowest BCUT2D eigenvalue weighted by Gasteiger charge is -2.33. The van der Waals surface area contributed by atoms with E-state index in [4.69, 9.17) is 14.3 Å². The van der Waals surface area contributed by atoms with Gasteiger partial charge in [0.05, 0.1) is 12.7 Å². The van der Waals surface area contributed by atoms with E-state index in [0.717, 1.165) is 25.0 Å². The maximum atomic E-state index is 8.81. The molecule has 1 aliphatic rings. The molecule has 1 saturated heterocycles. The van der Waals surface area contributed by atoms with Crippen LogP contribution >= 0.6 is 0 Å². The van der Waals surface area contributed by atoms with Gasteiger partial charge in [0, 0.05) is 18.8 Å². The molecule has 0 aliphatic carbocycles. The minimum atomic E-state index is 0.176. The lowest BCUT2D eigenvalue weighted by atomic mass is 10.1. The fraction of sp³-hybridized carbons (Fsp3) is 0.692. The van der Waals surface area contributed by atoms with Crippen LogP contribution in [0, 0.1) is 0 Å². The van der Waals surface area contributed by atoms with Gasteiger partial charge in [-0.1, -0.05) is 13.3 Å². The Morgan fingerprint density at radius 1 is 1.67 bits per heavy atom. The Balaban J connectivity index is 0.000000492. The van der Waals surface area contributed by atoms with Gasteiger partial charge in [0.1, 0.15) is 12.4 Å². The molecule has 0 saturated carbocycles. The first-order chi connectivity index (χ1) is 8.62.